The Morgan fingerprint density at radius 2 is 1.65 bits per heavy atom. The van der Waals surface area contributed by atoms with Crippen LogP contribution >= 0.6 is 0 Å². The van der Waals surface area contributed by atoms with E-state index in [1.54, 1.807) is 14.0 Å². The minimum Gasteiger partial charge on any atom is -0.497 e. The molecule has 136 valence electrons. The van der Waals surface area contributed by atoms with Crippen LogP contribution in [-0.2, 0) is 11.3 Å². The van der Waals surface area contributed by atoms with Crippen molar-refractivity contribution in [2.24, 2.45) is 0 Å². The predicted molar refractivity (Wildman–Crippen MR) is 103 cm³/mol. The molecule has 0 spiro atoms. The number of hydrogen-bond donors (Lipinski definition) is 2. The minimum atomic E-state index is -0.589. The van der Waals surface area contributed by atoms with Gasteiger partial charge in [0.2, 0.25) is 0 Å². The highest BCUT2D eigenvalue weighted by atomic mass is 16.5. The largest absolute Gasteiger partial charge is 0.497 e. The first-order valence-electron chi connectivity index (χ1n) is 8.31. The van der Waals surface area contributed by atoms with Gasteiger partial charge in [0.05, 0.1) is 18.5 Å². The van der Waals surface area contributed by atoms with Crippen LogP contribution in [0.25, 0.3) is 5.57 Å². The second-order valence-electron chi connectivity index (χ2n) is 6.04. The molecular weight excluding hydrogens is 328 g/mol. The molecule has 0 fully saturated rings. The van der Waals surface area contributed by atoms with E-state index in [1.807, 2.05) is 62.4 Å². The van der Waals surface area contributed by atoms with Gasteiger partial charge in [-0.05, 0) is 49.6 Å². The first kappa shape index (κ1) is 19.2. The molecule has 0 saturated heterocycles. The van der Waals surface area contributed by atoms with Gasteiger partial charge in [-0.25, -0.2) is 4.79 Å². The van der Waals surface area contributed by atoms with Crippen molar-refractivity contribution in [2.45, 2.75) is 27.4 Å². The van der Waals surface area contributed by atoms with Crippen LogP contribution in [0.4, 0.5) is 4.79 Å². The van der Waals surface area contributed by atoms with E-state index in [-0.39, 0.29) is 12.3 Å². The van der Waals surface area contributed by atoms with Crippen LogP contribution in [0.3, 0.4) is 0 Å². The van der Waals surface area contributed by atoms with Crippen molar-refractivity contribution < 1.29 is 14.3 Å². The summed E-state index contributed by atoms with van der Waals surface area (Å²) in [6, 6.07) is 15.2. The molecule has 0 unspecified atom stereocenters. The summed E-state index contributed by atoms with van der Waals surface area (Å²) in [5, 5.41) is 10.7. The van der Waals surface area contributed by atoms with Gasteiger partial charge in [0.15, 0.2) is 0 Å². The number of methoxy groups -OCH3 is 1. The van der Waals surface area contributed by atoms with Gasteiger partial charge in [-0.2, -0.15) is 0 Å². The summed E-state index contributed by atoms with van der Waals surface area (Å²) in [6.07, 6.45) is -0.589. The Morgan fingerprint density at radius 1 is 1.04 bits per heavy atom. The topological polar surface area (TPSA) is 71.4 Å². The van der Waals surface area contributed by atoms with Crippen molar-refractivity contribution in [1.82, 2.24) is 5.32 Å². The molecule has 0 radical (unpaired) electrons. The lowest BCUT2D eigenvalue weighted by Gasteiger charge is -2.14. The van der Waals surface area contributed by atoms with E-state index >= 15 is 0 Å². The number of benzene rings is 2. The quantitative estimate of drug-likeness (QED) is 0.740. The van der Waals surface area contributed by atoms with Gasteiger partial charge in [0.25, 0.3) is 0 Å². The molecule has 0 aromatic heterocycles. The van der Waals surface area contributed by atoms with Crippen molar-refractivity contribution in [2.75, 3.05) is 7.11 Å². The predicted octanol–water partition coefficient (Wildman–Crippen LogP) is 4.70. The lowest BCUT2D eigenvalue weighted by molar-refractivity contribution is 0.143. The number of allylic oxidation sites excluding steroid dienone is 2. The number of rotatable bonds is 6. The van der Waals surface area contributed by atoms with Gasteiger partial charge in [0, 0.05) is 0 Å². The third-order valence-corrected chi connectivity index (χ3v) is 3.99. The van der Waals surface area contributed by atoms with Crippen LogP contribution in [0.15, 0.2) is 54.2 Å². The fraction of sp³-hybridized carbons (Fsp3) is 0.238. The molecule has 1 amide bonds. The SMILES string of the molecule is COc1ccc(COC(=O)N/C(C(C)=N)=C(/C)c2ccc(C)cc2)cc1. The third kappa shape index (κ3) is 5.21. The zero-order chi connectivity index (χ0) is 19.1. The Morgan fingerprint density at radius 3 is 2.19 bits per heavy atom. The van der Waals surface area contributed by atoms with Gasteiger partial charge >= 0.3 is 6.09 Å². The summed E-state index contributed by atoms with van der Waals surface area (Å²) in [5.41, 5.74) is 4.50. The molecule has 2 aromatic carbocycles. The molecular formula is C21H24N2O3. The van der Waals surface area contributed by atoms with Gasteiger partial charge in [0.1, 0.15) is 12.4 Å². The molecule has 0 aliphatic carbocycles. The van der Waals surface area contributed by atoms with E-state index in [0.717, 1.165) is 28.0 Å². The number of nitrogens with one attached hydrogen (secondary N) is 2. The van der Waals surface area contributed by atoms with Crippen molar-refractivity contribution in [3.05, 3.63) is 70.9 Å². The molecule has 0 aliphatic rings. The first-order chi connectivity index (χ1) is 12.4. The summed E-state index contributed by atoms with van der Waals surface area (Å²) in [6.45, 7) is 5.67. The van der Waals surface area contributed by atoms with Crippen molar-refractivity contribution >= 4 is 17.4 Å². The zero-order valence-corrected chi connectivity index (χ0v) is 15.6. The number of amides is 1. The molecule has 5 heteroatoms. The summed E-state index contributed by atoms with van der Waals surface area (Å²) < 4.78 is 10.4. The van der Waals surface area contributed by atoms with Gasteiger partial charge in [-0.1, -0.05) is 42.0 Å². The lowest BCUT2D eigenvalue weighted by atomic mass is 10.0. The summed E-state index contributed by atoms with van der Waals surface area (Å²) >= 11 is 0. The fourth-order valence-electron chi connectivity index (χ4n) is 2.43. The van der Waals surface area contributed by atoms with E-state index < -0.39 is 6.09 Å². The van der Waals surface area contributed by atoms with Crippen molar-refractivity contribution in [3.8, 4) is 5.75 Å². The fourth-order valence-corrected chi connectivity index (χ4v) is 2.43. The maximum Gasteiger partial charge on any atom is 0.412 e. The summed E-state index contributed by atoms with van der Waals surface area (Å²) in [7, 11) is 1.60. The average Bonchev–Trinajstić information content (AvgIpc) is 2.64. The highest BCUT2D eigenvalue weighted by Crippen LogP contribution is 2.18. The molecule has 0 heterocycles. The van der Waals surface area contributed by atoms with E-state index in [0.29, 0.717) is 5.70 Å². The standard InChI is InChI=1S/C21H24N2O3/c1-14-5-9-18(10-6-14)15(2)20(16(3)22)23-21(24)26-13-17-7-11-19(25-4)12-8-17/h5-12,22H,13H2,1-4H3,(H,23,24)/b20-15-,22-16?. The van der Waals surface area contributed by atoms with Crippen LogP contribution in [-0.4, -0.2) is 18.9 Å². The molecule has 0 saturated carbocycles. The number of aryl methyl sites for hydroxylation is 1. The number of alkyl carbamates (subject to hydrolysis) is 1. The first-order valence-corrected chi connectivity index (χ1v) is 8.31. The minimum absolute atomic E-state index is 0.143. The summed E-state index contributed by atoms with van der Waals surface area (Å²) in [4.78, 5) is 12.2. The molecule has 2 rings (SSSR count). The molecule has 0 atom stereocenters. The average molecular weight is 352 g/mol. The Labute approximate surface area is 154 Å². The van der Waals surface area contributed by atoms with Gasteiger partial charge < -0.3 is 14.9 Å². The lowest BCUT2D eigenvalue weighted by Crippen LogP contribution is -2.27. The highest BCUT2D eigenvalue weighted by Gasteiger charge is 2.12. The second-order valence-corrected chi connectivity index (χ2v) is 6.04. The maximum absolute atomic E-state index is 12.2. The van der Waals surface area contributed by atoms with E-state index in [1.165, 1.54) is 0 Å². The molecule has 2 aromatic rings. The Kier molecular flexibility index (Phi) is 6.55. The molecule has 5 nitrogen and oxygen atoms in total. The summed E-state index contributed by atoms with van der Waals surface area (Å²) in [5.74, 6) is 0.747. The molecule has 26 heavy (non-hydrogen) atoms. The molecule has 0 aliphatic heterocycles. The molecule has 2 N–H and O–H groups in total. The molecule has 0 bridgehead atoms. The number of carbonyl (C=O) groups excluding carboxylic acids is 1. The number of carbonyl (C=O) groups is 1. The monoisotopic (exact) mass is 352 g/mol. The van der Waals surface area contributed by atoms with E-state index in [2.05, 4.69) is 5.32 Å². The number of ether oxygens (including phenoxy) is 2. The smallest absolute Gasteiger partial charge is 0.412 e. The van der Waals surface area contributed by atoms with Gasteiger partial charge in [-0.15, -0.1) is 0 Å². The van der Waals surface area contributed by atoms with Crippen molar-refractivity contribution in [3.63, 3.8) is 0 Å². The maximum atomic E-state index is 12.2. The normalized spacial score (nSPS) is 11.4. The third-order valence-electron chi connectivity index (χ3n) is 3.99. The van der Waals surface area contributed by atoms with Crippen LogP contribution in [0, 0.1) is 12.3 Å². The Balaban J connectivity index is 2.06. The second kappa shape index (κ2) is 8.85. The number of hydrogen-bond acceptors (Lipinski definition) is 4. The Bertz CT molecular complexity index is 806. The van der Waals surface area contributed by atoms with Crippen LogP contribution in [0.1, 0.15) is 30.5 Å². The zero-order valence-electron chi connectivity index (χ0n) is 15.6. The Hall–Kier alpha value is -3.08. The van der Waals surface area contributed by atoms with E-state index in [9.17, 15) is 4.79 Å². The van der Waals surface area contributed by atoms with Crippen LogP contribution in [0.5, 0.6) is 5.75 Å². The van der Waals surface area contributed by atoms with Crippen molar-refractivity contribution in [1.29, 1.82) is 5.41 Å². The van der Waals surface area contributed by atoms with Crippen LogP contribution < -0.4 is 10.1 Å². The van der Waals surface area contributed by atoms with Crippen LogP contribution in [0.2, 0.25) is 0 Å². The highest BCUT2D eigenvalue weighted by molar-refractivity contribution is 6.04. The van der Waals surface area contributed by atoms with E-state index in [4.69, 9.17) is 14.9 Å². The van der Waals surface area contributed by atoms with Gasteiger partial charge in [-0.3, -0.25) is 5.32 Å².